The molecule has 1 atom stereocenters. The molecule has 5 rings (SSSR count). The van der Waals surface area contributed by atoms with E-state index >= 15 is 0 Å². The molecule has 1 heterocycles. The van der Waals surface area contributed by atoms with Crippen molar-refractivity contribution in [1.29, 1.82) is 0 Å². The van der Waals surface area contributed by atoms with Crippen LogP contribution in [0.3, 0.4) is 0 Å². The summed E-state index contributed by atoms with van der Waals surface area (Å²) in [6.45, 7) is 4.38. The van der Waals surface area contributed by atoms with E-state index in [0.29, 0.717) is 6.04 Å². The molecule has 7 heteroatoms. The van der Waals surface area contributed by atoms with Crippen molar-refractivity contribution >= 4 is 60.8 Å². The van der Waals surface area contributed by atoms with Crippen LogP contribution in [0.2, 0.25) is 0 Å². The van der Waals surface area contributed by atoms with Gasteiger partial charge in [0.1, 0.15) is 0 Å². The van der Waals surface area contributed by atoms with Crippen LogP contribution in [0.1, 0.15) is 20.3 Å². The molecule has 0 spiro atoms. The lowest BCUT2D eigenvalue weighted by Gasteiger charge is -2.16. The van der Waals surface area contributed by atoms with E-state index in [2.05, 4.69) is 81.6 Å². The van der Waals surface area contributed by atoms with Gasteiger partial charge in [-0.2, -0.15) is 0 Å². The molecule has 0 amide bonds. The summed E-state index contributed by atoms with van der Waals surface area (Å²) in [7, 11) is 0. The van der Waals surface area contributed by atoms with Crippen LogP contribution in [0.5, 0.6) is 0 Å². The predicted octanol–water partition coefficient (Wildman–Crippen LogP) is 8.51. The number of hydrogen-bond acceptors (Lipinski definition) is 7. The zero-order chi connectivity index (χ0) is 23.3. The molecular formula is C27H26N6S. The van der Waals surface area contributed by atoms with Crippen LogP contribution in [0.25, 0.3) is 21.5 Å². The Bertz CT molecular complexity index is 1440. The number of nitrogens with one attached hydrogen (secondary N) is 3. The van der Waals surface area contributed by atoms with Crippen molar-refractivity contribution in [2.75, 3.05) is 16.2 Å². The third-order valence-electron chi connectivity index (χ3n) is 5.82. The maximum atomic E-state index is 4.66. The maximum absolute atomic E-state index is 4.66. The van der Waals surface area contributed by atoms with Gasteiger partial charge >= 0.3 is 0 Å². The third kappa shape index (κ3) is 4.56. The fourth-order valence-corrected chi connectivity index (χ4v) is 4.34. The first-order valence-electron chi connectivity index (χ1n) is 11.4. The first-order valence-corrected chi connectivity index (χ1v) is 12.2. The lowest BCUT2D eigenvalue weighted by Crippen LogP contribution is -2.13. The smallest absolute Gasteiger partial charge is 0.201 e. The number of azo groups is 1. The molecule has 1 aromatic heterocycles. The Balaban J connectivity index is 1.48. The average molecular weight is 467 g/mol. The number of hydrogen-bond donors (Lipinski definition) is 3. The van der Waals surface area contributed by atoms with Crippen LogP contribution >= 0.6 is 11.3 Å². The van der Waals surface area contributed by atoms with Crippen LogP contribution in [-0.4, -0.2) is 11.0 Å². The molecule has 0 radical (unpaired) electrons. The largest absolute Gasteiger partial charge is 0.382 e. The highest BCUT2D eigenvalue weighted by atomic mass is 32.1. The molecule has 0 saturated heterocycles. The van der Waals surface area contributed by atoms with E-state index in [1.54, 1.807) is 6.20 Å². The fourth-order valence-electron chi connectivity index (χ4n) is 3.86. The van der Waals surface area contributed by atoms with Gasteiger partial charge in [-0.1, -0.05) is 55.5 Å². The number of hydrazine groups is 1. The molecule has 34 heavy (non-hydrogen) atoms. The van der Waals surface area contributed by atoms with Crippen molar-refractivity contribution in [3.05, 3.63) is 84.4 Å². The summed E-state index contributed by atoms with van der Waals surface area (Å²) < 4.78 is 0. The van der Waals surface area contributed by atoms with Crippen molar-refractivity contribution < 1.29 is 0 Å². The molecule has 170 valence electrons. The van der Waals surface area contributed by atoms with E-state index in [1.165, 1.54) is 11.3 Å². The van der Waals surface area contributed by atoms with Crippen LogP contribution in [0.15, 0.2) is 94.6 Å². The number of aromatic nitrogens is 1. The number of anilines is 3. The normalized spacial score (nSPS) is 12.3. The van der Waals surface area contributed by atoms with Gasteiger partial charge < -0.3 is 5.32 Å². The third-order valence-corrected chi connectivity index (χ3v) is 6.51. The number of thiazole rings is 1. The fraction of sp³-hybridized carbons (Fsp3) is 0.148. The lowest BCUT2D eigenvalue weighted by molar-refractivity contribution is 0.765. The van der Waals surface area contributed by atoms with Crippen molar-refractivity contribution in [1.82, 2.24) is 4.98 Å². The Morgan fingerprint density at radius 1 is 0.765 bits per heavy atom. The Kier molecular flexibility index (Phi) is 6.35. The summed E-state index contributed by atoms with van der Waals surface area (Å²) >= 11 is 1.54. The molecule has 1 unspecified atom stereocenters. The van der Waals surface area contributed by atoms with E-state index in [9.17, 15) is 0 Å². The molecule has 3 N–H and O–H groups in total. The second-order valence-electron chi connectivity index (χ2n) is 8.10. The maximum Gasteiger partial charge on any atom is 0.201 e. The molecule has 0 aliphatic rings. The highest BCUT2D eigenvalue weighted by Gasteiger charge is 2.09. The first kappa shape index (κ1) is 21.9. The van der Waals surface area contributed by atoms with Gasteiger partial charge in [0.05, 0.1) is 17.1 Å². The summed E-state index contributed by atoms with van der Waals surface area (Å²) in [6.07, 6.45) is 2.83. The van der Waals surface area contributed by atoms with E-state index < -0.39 is 0 Å². The topological polar surface area (TPSA) is 73.7 Å². The second-order valence-corrected chi connectivity index (χ2v) is 8.99. The summed E-state index contributed by atoms with van der Waals surface area (Å²) in [5, 5.41) is 20.0. The first-order chi connectivity index (χ1) is 16.7. The Morgan fingerprint density at radius 2 is 1.35 bits per heavy atom. The van der Waals surface area contributed by atoms with Gasteiger partial charge in [-0.05, 0) is 37.6 Å². The molecule has 0 aliphatic heterocycles. The molecule has 4 aromatic carbocycles. The minimum atomic E-state index is 0.402. The number of fused-ring (bicyclic) bond motifs is 2. The van der Waals surface area contributed by atoms with E-state index in [-0.39, 0.29) is 0 Å². The highest BCUT2D eigenvalue weighted by molar-refractivity contribution is 7.13. The van der Waals surface area contributed by atoms with Gasteiger partial charge in [0.15, 0.2) is 0 Å². The number of rotatable bonds is 8. The monoisotopic (exact) mass is 466 g/mol. The van der Waals surface area contributed by atoms with Gasteiger partial charge in [0.2, 0.25) is 5.13 Å². The summed E-state index contributed by atoms with van der Waals surface area (Å²) in [6, 6.07) is 25.0. The van der Waals surface area contributed by atoms with Gasteiger partial charge in [0, 0.05) is 44.9 Å². The van der Waals surface area contributed by atoms with Crippen molar-refractivity contribution in [2.45, 2.75) is 26.3 Å². The second kappa shape index (κ2) is 9.89. The molecule has 6 nitrogen and oxygen atoms in total. The standard InChI is InChI=1S/C27H26N6S/c1-3-18(2)29-23-12-13-24(20-9-5-4-8-19(20)23)30-31-25-14-15-26(22-11-7-6-10-21(22)25)32-33-27-28-16-17-34-27/h4-18,29,32H,3H2,1-2H3,(H,28,33). The van der Waals surface area contributed by atoms with Crippen LogP contribution in [0.4, 0.5) is 27.9 Å². The van der Waals surface area contributed by atoms with Crippen LogP contribution < -0.4 is 16.2 Å². The minimum absolute atomic E-state index is 0.402. The molecule has 5 aromatic rings. The van der Waals surface area contributed by atoms with E-state index in [0.717, 1.165) is 55.8 Å². The van der Waals surface area contributed by atoms with Gasteiger partial charge in [0.25, 0.3) is 0 Å². The highest BCUT2D eigenvalue weighted by Crippen LogP contribution is 2.36. The van der Waals surface area contributed by atoms with Crippen LogP contribution in [0, 0.1) is 0 Å². The van der Waals surface area contributed by atoms with Crippen LogP contribution in [-0.2, 0) is 0 Å². The van der Waals surface area contributed by atoms with Gasteiger partial charge in [-0.25, -0.2) is 4.98 Å². The summed E-state index contributed by atoms with van der Waals surface area (Å²) in [4.78, 5) is 4.25. The molecule has 0 bridgehead atoms. The number of nitrogens with zero attached hydrogens (tertiary/aromatic N) is 3. The molecule has 0 saturated carbocycles. The molecule has 0 fully saturated rings. The lowest BCUT2D eigenvalue weighted by atomic mass is 10.1. The van der Waals surface area contributed by atoms with Gasteiger partial charge in [-0.3, -0.25) is 10.9 Å². The predicted molar refractivity (Wildman–Crippen MR) is 145 cm³/mol. The Morgan fingerprint density at radius 3 is 1.94 bits per heavy atom. The quantitative estimate of drug-likeness (QED) is 0.158. The summed E-state index contributed by atoms with van der Waals surface area (Å²) in [5.41, 5.74) is 10.2. The SMILES string of the molecule is CCC(C)Nc1ccc(N=Nc2ccc(NNc3nccs3)c3ccccc23)c2ccccc12. The average Bonchev–Trinajstić information content (AvgIpc) is 3.41. The van der Waals surface area contributed by atoms with E-state index in [1.807, 2.05) is 41.8 Å². The van der Waals surface area contributed by atoms with Crippen molar-refractivity contribution in [3.8, 4) is 0 Å². The van der Waals surface area contributed by atoms with Crippen molar-refractivity contribution in [2.24, 2.45) is 10.2 Å². The molecule has 0 aliphatic carbocycles. The van der Waals surface area contributed by atoms with Crippen molar-refractivity contribution in [3.63, 3.8) is 0 Å². The zero-order valence-corrected chi connectivity index (χ0v) is 19.9. The van der Waals surface area contributed by atoms with E-state index in [4.69, 9.17) is 0 Å². The Hall–Kier alpha value is -3.97. The molecular weight excluding hydrogens is 440 g/mol. The Labute approximate surface area is 202 Å². The zero-order valence-electron chi connectivity index (χ0n) is 19.1. The summed E-state index contributed by atoms with van der Waals surface area (Å²) in [5.74, 6) is 0. The number of benzene rings is 4. The van der Waals surface area contributed by atoms with Gasteiger partial charge in [-0.15, -0.1) is 21.6 Å². The minimum Gasteiger partial charge on any atom is -0.382 e.